The number of rotatable bonds is 3. The van der Waals surface area contributed by atoms with Crippen LogP contribution in [0.4, 0.5) is 10.5 Å². The summed E-state index contributed by atoms with van der Waals surface area (Å²) in [5, 5.41) is 11.4. The third-order valence-electron chi connectivity index (χ3n) is 2.37. The highest BCUT2D eigenvalue weighted by atomic mass is 35.5. The number of carboxylic acid groups (broad SMARTS) is 1. The van der Waals surface area contributed by atoms with Gasteiger partial charge in [-0.25, -0.2) is 9.59 Å². The van der Waals surface area contributed by atoms with Crippen LogP contribution in [0.5, 0.6) is 0 Å². The first kappa shape index (κ1) is 17.0. The zero-order valence-corrected chi connectivity index (χ0v) is 12.9. The molecule has 0 aliphatic carbocycles. The molecule has 7 heteroatoms. The lowest BCUT2D eigenvalue weighted by Gasteiger charge is -2.20. The van der Waals surface area contributed by atoms with Crippen LogP contribution in [0.25, 0.3) is 0 Å². The predicted molar refractivity (Wildman–Crippen MR) is 78.0 cm³/mol. The van der Waals surface area contributed by atoms with Crippen LogP contribution in [0.15, 0.2) is 12.1 Å². The van der Waals surface area contributed by atoms with Gasteiger partial charge in [0.1, 0.15) is 5.60 Å². The fourth-order valence-corrected chi connectivity index (χ4v) is 1.67. The largest absolute Gasteiger partial charge is 0.475 e. The molecule has 0 bridgehead atoms. The Morgan fingerprint density at radius 3 is 2.29 bits per heavy atom. The molecule has 0 heterocycles. The number of hydrogen-bond acceptors (Lipinski definition) is 4. The van der Waals surface area contributed by atoms with Crippen molar-refractivity contribution >= 4 is 35.1 Å². The monoisotopic (exact) mass is 313 g/mol. The van der Waals surface area contributed by atoms with Gasteiger partial charge in [0.25, 0.3) is 5.78 Å². The summed E-state index contributed by atoms with van der Waals surface area (Å²) < 4.78 is 5.07. The van der Waals surface area contributed by atoms with E-state index < -0.39 is 23.4 Å². The molecule has 1 aromatic carbocycles. The number of anilines is 1. The van der Waals surface area contributed by atoms with Crippen molar-refractivity contribution in [2.75, 3.05) is 5.32 Å². The molecule has 21 heavy (non-hydrogen) atoms. The summed E-state index contributed by atoms with van der Waals surface area (Å²) in [6.45, 7) is 6.71. The van der Waals surface area contributed by atoms with Gasteiger partial charge in [0.15, 0.2) is 0 Å². The summed E-state index contributed by atoms with van der Waals surface area (Å²) in [7, 11) is 0. The molecule has 1 amide bonds. The number of halogens is 1. The Morgan fingerprint density at radius 2 is 1.81 bits per heavy atom. The third kappa shape index (κ3) is 4.75. The molecular weight excluding hydrogens is 298 g/mol. The Hall–Kier alpha value is -2.08. The molecule has 0 atom stereocenters. The van der Waals surface area contributed by atoms with Crippen LogP contribution < -0.4 is 5.32 Å². The molecule has 0 saturated heterocycles. The zero-order valence-electron chi connectivity index (χ0n) is 12.1. The van der Waals surface area contributed by atoms with E-state index in [0.717, 1.165) is 0 Å². The maximum absolute atomic E-state index is 11.7. The number of aryl methyl sites for hydroxylation is 1. The van der Waals surface area contributed by atoms with Crippen LogP contribution in [-0.4, -0.2) is 28.6 Å². The average molecular weight is 314 g/mol. The second kappa shape index (κ2) is 6.13. The van der Waals surface area contributed by atoms with Crippen molar-refractivity contribution in [1.82, 2.24) is 0 Å². The first-order valence-electron chi connectivity index (χ1n) is 6.09. The second-order valence-electron chi connectivity index (χ2n) is 5.41. The number of ether oxygens (including phenoxy) is 1. The van der Waals surface area contributed by atoms with Gasteiger partial charge >= 0.3 is 12.1 Å². The average Bonchev–Trinajstić information content (AvgIpc) is 2.30. The van der Waals surface area contributed by atoms with Gasteiger partial charge in [-0.1, -0.05) is 11.6 Å². The molecule has 6 nitrogen and oxygen atoms in total. The lowest BCUT2D eigenvalue weighted by molar-refractivity contribution is -0.131. The van der Waals surface area contributed by atoms with Crippen LogP contribution >= 0.6 is 11.6 Å². The van der Waals surface area contributed by atoms with Crippen molar-refractivity contribution in [3.63, 3.8) is 0 Å². The molecule has 2 N–H and O–H groups in total. The standard InChI is InChI=1S/C14H16ClNO5/c1-7-5-10(16-13(20)21-14(2,3)4)8(6-9(7)15)11(17)12(18)19/h5-6H,1-4H3,(H,16,20)(H,18,19). The third-order valence-corrected chi connectivity index (χ3v) is 2.78. The number of amides is 1. The fraction of sp³-hybridized carbons (Fsp3) is 0.357. The first-order valence-corrected chi connectivity index (χ1v) is 6.47. The topological polar surface area (TPSA) is 92.7 Å². The number of hydrogen-bond donors (Lipinski definition) is 2. The maximum atomic E-state index is 11.7. The molecule has 0 aromatic heterocycles. The number of ketones is 1. The SMILES string of the molecule is Cc1cc(NC(=O)OC(C)(C)C)c(C(=O)C(=O)O)cc1Cl. The van der Waals surface area contributed by atoms with Gasteiger partial charge in [-0.2, -0.15) is 0 Å². The van der Waals surface area contributed by atoms with Crippen molar-refractivity contribution in [2.45, 2.75) is 33.3 Å². The number of carboxylic acids is 1. The van der Waals surface area contributed by atoms with Gasteiger partial charge < -0.3 is 9.84 Å². The summed E-state index contributed by atoms with van der Waals surface area (Å²) in [6.07, 6.45) is -0.788. The van der Waals surface area contributed by atoms with Crippen molar-refractivity contribution in [2.24, 2.45) is 0 Å². The number of Topliss-reactive ketones (excluding diaryl/α,β-unsaturated/α-hetero) is 1. The molecular formula is C14H16ClNO5. The molecule has 0 spiro atoms. The van der Waals surface area contributed by atoms with Crippen LogP contribution in [-0.2, 0) is 9.53 Å². The first-order chi connectivity index (χ1) is 9.51. The summed E-state index contributed by atoms with van der Waals surface area (Å²) in [6, 6.07) is 2.63. The molecule has 1 rings (SSSR count). The Kier molecular flexibility index (Phi) is 4.96. The Bertz CT molecular complexity index is 604. The zero-order chi connectivity index (χ0) is 16.4. The Balaban J connectivity index is 3.16. The summed E-state index contributed by atoms with van der Waals surface area (Å²) >= 11 is 5.89. The minimum atomic E-state index is -1.64. The van der Waals surface area contributed by atoms with Crippen molar-refractivity contribution in [1.29, 1.82) is 0 Å². The lowest BCUT2D eigenvalue weighted by atomic mass is 10.1. The van der Waals surface area contributed by atoms with E-state index >= 15 is 0 Å². The molecule has 0 fully saturated rings. The number of nitrogens with one attached hydrogen (secondary N) is 1. The quantitative estimate of drug-likeness (QED) is 0.660. The second-order valence-corrected chi connectivity index (χ2v) is 5.82. The van der Waals surface area contributed by atoms with Gasteiger partial charge in [0.05, 0.1) is 11.3 Å². The highest BCUT2D eigenvalue weighted by molar-refractivity contribution is 6.42. The highest BCUT2D eigenvalue weighted by Gasteiger charge is 2.23. The van der Waals surface area contributed by atoms with Crippen LogP contribution in [0, 0.1) is 6.92 Å². The summed E-state index contributed by atoms with van der Waals surface area (Å²) in [4.78, 5) is 34.2. The predicted octanol–water partition coefficient (Wildman–Crippen LogP) is 3.26. The molecule has 0 aliphatic heterocycles. The van der Waals surface area contributed by atoms with Crippen molar-refractivity contribution < 1.29 is 24.2 Å². The normalized spacial score (nSPS) is 10.9. The van der Waals surface area contributed by atoms with Crippen LogP contribution in [0.1, 0.15) is 36.7 Å². The van der Waals surface area contributed by atoms with Gasteiger partial charge in [-0.3, -0.25) is 10.1 Å². The van der Waals surface area contributed by atoms with E-state index in [1.54, 1.807) is 27.7 Å². The number of aliphatic carboxylic acids is 1. The van der Waals surface area contributed by atoms with E-state index in [-0.39, 0.29) is 16.3 Å². The molecule has 0 saturated carbocycles. The van der Waals surface area contributed by atoms with Crippen LogP contribution in [0.3, 0.4) is 0 Å². The van der Waals surface area contributed by atoms with E-state index in [2.05, 4.69) is 5.32 Å². The van der Waals surface area contributed by atoms with Crippen LogP contribution in [0.2, 0.25) is 5.02 Å². The number of carbonyl (C=O) groups excluding carboxylic acids is 2. The van der Waals surface area contributed by atoms with E-state index in [4.69, 9.17) is 21.4 Å². The van der Waals surface area contributed by atoms with Crippen molar-refractivity contribution in [3.05, 3.63) is 28.3 Å². The Labute approximate surface area is 127 Å². The molecule has 0 radical (unpaired) electrons. The van der Waals surface area contributed by atoms with E-state index in [9.17, 15) is 14.4 Å². The van der Waals surface area contributed by atoms with Crippen molar-refractivity contribution in [3.8, 4) is 0 Å². The molecule has 1 aromatic rings. The minimum absolute atomic E-state index is 0.0403. The molecule has 0 aliphatic rings. The van der Waals surface area contributed by atoms with E-state index in [0.29, 0.717) is 5.56 Å². The minimum Gasteiger partial charge on any atom is -0.475 e. The molecule has 114 valence electrons. The van der Waals surface area contributed by atoms with Gasteiger partial charge in [-0.05, 0) is 45.4 Å². The van der Waals surface area contributed by atoms with E-state index in [1.165, 1.54) is 12.1 Å². The maximum Gasteiger partial charge on any atom is 0.412 e. The summed E-state index contributed by atoms with van der Waals surface area (Å²) in [5.41, 5.74) is -0.296. The van der Waals surface area contributed by atoms with E-state index in [1.807, 2.05) is 0 Å². The molecule has 0 unspecified atom stereocenters. The summed E-state index contributed by atoms with van der Waals surface area (Å²) in [5.74, 6) is -2.80. The smallest absolute Gasteiger partial charge is 0.412 e. The Morgan fingerprint density at radius 1 is 1.24 bits per heavy atom. The highest BCUT2D eigenvalue weighted by Crippen LogP contribution is 2.26. The lowest BCUT2D eigenvalue weighted by Crippen LogP contribution is -2.28. The van der Waals surface area contributed by atoms with Gasteiger partial charge in [-0.15, -0.1) is 0 Å². The number of carbonyl (C=O) groups is 3. The van der Waals surface area contributed by atoms with Gasteiger partial charge in [0.2, 0.25) is 0 Å². The van der Waals surface area contributed by atoms with Gasteiger partial charge in [0, 0.05) is 5.02 Å². The number of benzene rings is 1. The fourth-order valence-electron chi connectivity index (χ4n) is 1.50.